The summed E-state index contributed by atoms with van der Waals surface area (Å²) in [5.41, 5.74) is -1.71. The largest absolute Gasteiger partial charge is 0.417 e. The van der Waals surface area contributed by atoms with Crippen LogP contribution in [0.1, 0.15) is 37.7 Å². The van der Waals surface area contributed by atoms with Gasteiger partial charge in [0.25, 0.3) is 0 Å². The Morgan fingerprint density at radius 3 is 2.54 bits per heavy atom. The molecule has 4 aromatic rings. The standard InChI is InChI=1S/C26H21F4N7OS/c1-4-20-34-21-16(22(35-20)19-11-32-12-33-19)7-15(9-18(21)27)37-24(39)36(23(38)25(37,2)3)14-6-5-13(10-31)17(8-14)26(28,29)30/h5-9,11-12,23,38H,4H2,1-3H3,(H,32,33). The van der Waals surface area contributed by atoms with Gasteiger partial charge in [0.2, 0.25) is 0 Å². The van der Waals surface area contributed by atoms with Gasteiger partial charge in [-0.2, -0.15) is 18.4 Å². The van der Waals surface area contributed by atoms with Gasteiger partial charge in [-0.05, 0) is 56.4 Å². The van der Waals surface area contributed by atoms with Crippen molar-refractivity contribution in [3.05, 3.63) is 65.6 Å². The van der Waals surface area contributed by atoms with Gasteiger partial charge >= 0.3 is 6.18 Å². The maximum Gasteiger partial charge on any atom is 0.417 e. The number of thiocarbonyl (C=S) groups is 1. The number of imidazole rings is 1. The lowest BCUT2D eigenvalue weighted by atomic mass is 10.00. The first-order chi connectivity index (χ1) is 18.4. The Kier molecular flexibility index (Phi) is 6.27. The molecule has 1 fully saturated rings. The lowest BCUT2D eigenvalue weighted by Crippen LogP contribution is -2.47. The normalized spacial score (nSPS) is 17.2. The van der Waals surface area contributed by atoms with Gasteiger partial charge in [0.15, 0.2) is 17.2 Å². The minimum Gasteiger partial charge on any atom is -0.371 e. The molecule has 200 valence electrons. The van der Waals surface area contributed by atoms with Crippen LogP contribution in [-0.4, -0.2) is 41.9 Å². The maximum absolute atomic E-state index is 15.6. The van der Waals surface area contributed by atoms with Gasteiger partial charge in [0.1, 0.15) is 11.3 Å². The number of aliphatic hydroxyl groups excluding tert-OH is 1. The van der Waals surface area contributed by atoms with Crippen molar-refractivity contribution in [2.45, 2.75) is 45.1 Å². The average molecular weight is 556 g/mol. The number of aromatic nitrogens is 4. The van der Waals surface area contributed by atoms with E-state index in [0.29, 0.717) is 29.0 Å². The summed E-state index contributed by atoms with van der Waals surface area (Å²) in [6.07, 6.45) is -2.74. The topological polar surface area (TPSA) is 105 Å². The zero-order valence-corrected chi connectivity index (χ0v) is 21.7. The molecule has 0 saturated carbocycles. The molecule has 0 aliphatic carbocycles. The van der Waals surface area contributed by atoms with Gasteiger partial charge in [-0.1, -0.05) is 6.92 Å². The van der Waals surface area contributed by atoms with Crippen LogP contribution >= 0.6 is 12.2 Å². The molecule has 1 aliphatic rings. The molecule has 0 spiro atoms. The van der Waals surface area contributed by atoms with E-state index in [-0.39, 0.29) is 22.0 Å². The molecule has 1 atom stereocenters. The minimum absolute atomic E-state index is 0.0572. The third kappa shape index (κ3) is 4.25. The monoisotopic (exact) mass is 555 g/mol. The summed E-state index contributed by atoms with van der Waals surface area (Å²) in [6.45, 7) is 5.11. The Morgan fingerprint density at radius 1 is 1.18 bits per heavy atom. The molecule has 8 nitrogen and oxygen atoms in total. The van der Waals surface area contributed by atoms with Crippen molar-refractivity contribution in [1.82, 2.24) is 19.9 Å². The second-order valence-electron chi connectivity index (χ2n) is 9.49. The fraction of sp³-hybridized carbons (Fsp3) is 0.269. The number of aryl methyl sites for hydroxylation is 1. The van der Waals surface area contributed by atoms with Crippen molar-refractivity contribution in [2.75, 3.05) is 9.80 Å². The highest BCUT2D eigenvalue weighted by molar-refractivity contribution is 7.80. The molecular weight excluding hydrogens is 534 g/mol. The van der Waals surface area contributed by atoms with Crippen molar-refractivity contribution in [2.24, 2.45) is 0 Å². The van der Waals surface area contributed by atoms with Crippen molar-refractivity contribution in [1.29, 1.82) is 5.26 Å². The van der Waals surface area contributed by atoms with E-state index < -0.39 is 34.9 Å². The number of hydrogen-bond acceptors (Lipinski definition) is 6. The van der Waals surface area contributed by atoms with Crippen LogP contribution in [0.4, 0.5) is 28.9 Å². The predicted octanol–water partition coefficient (Wildman–Crippen LogP) is 5.32. The Morgan fingerprint density at radius 2 is 1.92 bits per heavy atom. The van der Waals surface area contributed by atoms with Crippen molar-refractivity contribution >= 4 is 39.6 Å². The van der Waals surface area contributed by atoms with Gasteiger partial charge in [-0.15, -0.1) is 0 Å². The Labute approximate surface area is 225 Å². The lowest BCUT2D eigenvalue weighted by Gasteiger charge is -2.33. The SMILES string of the molecule is CCc1nc(-c2cnc[nH]2)c2cc(N3C(=S)N(c4ccc(C#N)c(C(F)(F)F)c4)C(O)C3(C)C)cc(F)c2n1. The molecule has 2 N–H and O–H groups in total. The molecule has 0 bridgehead atoms. The van der Waals surface area contributed by atoms with Crippen LogP contribution in [0.25, 0.3) is 22.3 Å². The molecule has 2 aromatic carbocycles. The van der Waals surface area contributed by atoms with Gasteiger partial charge in [-0.25, -0.2) is 19.3 Å². The number of rotatable bonds is 4. The fourth-order valence-electron chi connectivity index (χ4n) is 4.70. The molecule has 13 heteroatoms. The van der Waals surface area contributed by atoms with E-state index in [4.69, 9.17) is 17.5 Å². The van der Waals surface area contributed by atoms with Crippen molar-refractivity contribution < 1.29 is 22.7 Å². The van der Waals surface area contributed by atoms with Crippen LogP contribution in [0, 0.1) is 17.1 Å². The number of anilines is 2. The van der Waals surface area contributed by atoms with E-state index in [1.807, 2.05) is 6.92 Å². The predicted molar refractivity (Wildman–Crippen MR) is 140 cm³/mol. The number of nitrogens with zero attached hydrogens (tertiary/aromatic N) is 6. The Balaban J connectivity index is 1.67. The van der Waals surface area contributed by atoms with Crippen LogP contribution in [0.15, 0.2) is 42.9 Å². The number of aliphatic hydroxyl groups is 1. The summed E-state index contributed by atoms with van der Waals surface area (Å²) >= 11 is 5.64. The number of fused-ring (bicyclic) bond motifs is 1. The number of benzene rings is 2. The maximum atomic E-state index is 15.6. The smallest absolute Gasteiger partial charge is 0.371 e. The van der Waals surface area contributed by atoms with E-state index in [2.05, 4.69) is 19.9 Å². The number of nitriles is 1. The van der Waals surface area contributed by atoms with Gasteiger partial charge in [0.05, 0.1) is 46.6 Å². The minimum atomic E-state index is -4.80. The first kappa shape index (κ1) is 26.5. The molecule has 5 rings (SSSR count). The summed E-state index contributed by atoms with van der Waals surface area (Å²) in [5.74, 6) is -0.233. The lowest BCUT2D eigenvalue weighted by molar-refractivity contribution is -0.137. The van der Waals surface area contributed by atoms with E-state index in [1.54, 1.807) is 26.1 Å². The third-order valence-corrected chi connectivity index (χ3v) is 7.05. The number of alkyl halides is 3. The van der Waals surface area contributed by atoms with Crippen LogP contribution in [0.5, 0.6) is 0 Å². The van der Waals surface area contributed by atoms with Crippen molar-refractivity contribution in [3.8, 4) is 17.5 Å². The first-order valence-electron chi connectivity index (χ1n) is 11.8. The Hall–Kier alpha value is -4.15. The average Bonchev–Trinajstić information content (AvgIpc) is 3.48. The second-order valence-corrected chi connectivity index (χ2v) is 9.85. The van der Waals surface area contributed by atoms with Crippen LogP contribution in [-0.2, 0) is 12.6 Å². The fourth-order valence-corrected chi connectivity index (χ4v) is 5.25. The highest BCUT2D eigenvalue weighted by Gasteiger charge is 2.50. The second kappa shape index (κ2) is 9.25. The molecule has 1 unspecified atom stereocenters. The van der Waals surface area contributed by atoms with Gasteiger partial charge < -0.3 is 15.0 Å². The number of hydrogen-bond donors (Lipinski definition) is 2. The molecule has 1 saturated heterocycles. The van der Waals surface area contributed by atoms with Crippen LogP contribution in [0.3, 0.4) is 0 Å². The van der Waals surface area contributed by atoms with E-state index in [9.17, 15) is 18.3 Å². The van der Waals surface area contributed by atoms with Gasteiger partial charge in [0, 0.05) is 23.2 Å². The summed E-state index contributed by atoms with van der Waals surface area (Å²) in [6, 6.07) is 7.45. The van der Waals surface area contributed by atoms with E-state index in [0.717, 1.165) is 17.0 Å². The summed E-state index contributed by atoms with van der Waals surface area (Å²) in [4.78, 5) is 18.5. The molecule has 39 heavy (non-hydrogen) atoms. The van der Waals surface area contributed by atoms with Crippen molar-refractivity contribution in [3.63, 3.8) is 0 Å². The quantitative estimate of drug-likeness (QED) is 0.258. The van der Waals surface area contributed by atoms with Gasteiger partial charge in [-0.3, -0.25) is 4.90 Å². The zero-order chi connectivity index (χ0) is 28.3. The summed E-state index contributed by atoms with van der Waals surface area (Å²) in [7, 11) is 0. The van der Waals surface area contributed by atoms with Crippen LogP contribution in [0.2, 0.25) is 0 Å². The van der Waals surface area contributed by atoms with E-state index in [1.165, 1.54) is 29.4 Å². The molecule has 1 aliphatic heterocycles. The molecular formula is C26H21F4N7OS. The summed E-state index contributed by atoms with van der Waals surface area (Å²) in [5, 5.41) is 20.7. The van der Waals surface area contributed by atoms with E-state index >= 15 is 4.39 Å². The third-order valence-electron chi connectivity index (χ3n) is 6.67. The first-order valence-corrected chi connectivity index (χ1v) is 12.2. The molecule has 0 amide bonds. The zero-order valence-electron chi connectivity index (χ0n) is 20.9. The molecule has 3 heterocycles. The summed E-state index contributed by atoms with van der Waals surface area (Å²) < 4.78 is 56.6. The highest BCUT2D eigenvalue weighted by atomic mass is 32.1. The number of nitrogens with one attached hydrogen (secondary N) is 1. The molecule has 2 aromatic heterocycles. The molecule has 0 radical (unpaired) electrons. The van der Waals surface area contributed by atoms with Crippen LogP contribution < -0.4 is 9.80 Å². The number of aromatic amines is 1. The number of H-pyrrole nitrogens is 1. The highest BCUT2D eigenvalue weighted by Crippen LogP contribution is 2.42. The number of halogens is 4. The Bertz CT molecular complexity index is 1650.